The topological polar surface area (TPSA) is 110 Å². The minimum absolute atomic E-state index is 0.00163. The van der Waals surface area contributed by atoms with Gasteiger partial charge in [0, 0.05) is 67.3 Å². The number of nitrogens with zero attached hydrogens (tertiary/aromatic N) is 5. The van der Waals surface area contributed by atoms with Crippen LogP contribution in [0.15, 0.2) is 66.0 Å². The largest absolute Gasteiger partial charge is 0.368 e. The molecule has 10 heteroatoms. The van der Waals surface area contributed by atoms with E-state index in [1.54, 1.807) is 36.7 Å². The van der Waals surface area contributed by atoms with Crippen molar-refractivity contribution in [2.24, 2.45) is 0 Å². The summed E-state index contributed by atoms with van der Waals surface area (Å²) in [5.41, 5.74) is 2.27. The number of nitro benzene ring substituents is 1. The monoisotopic (exact) mass is 463 g/mol. The van der Waals surface area contributed by atoms with Gasteiger partial charge in [0.2, 0.25) is 10.0 Å². The summed E-state index contributed by atoms with van der Waals surface area (Å²) < 4.78 is 28.4. The average Bonchev–Trinajstić information content (AvgIpc) is 2.82. The highest BCUT2D eigenvalue weighted by Gasteiger charge is 2.31. The number of non-ortho nitro benzene ring substituents is 1. The number of fused-ring (bicyclic) bond motifs is 2. The van der Waals surface area contributed by atoms with Gasteiger partial charge >= 0.3 is 0 Å². The smallest absolute Gasteiger partial charge is 0.278 e. The number of aromatic nitrogens is 2. The second-order valence-electron chi connectivity index (χ2n) is 8.01. The molecule has 0 N–H and O–H groups in total. The van der Waals surface area contributed by atoms with Crippen molar-refractivity contribution in [3.63, 3.8) is 0 Å². The van der Waals surface area contributed by atoms with Gasteiger partial charge in [0.15, 0.2) is 0 Å². The van der Waals surface area contributed by atoms with Crippen LogP contribution in [0.1, 0.15) is 5.56 Å². The van der Waals surface area contributed by atoms with Crippen LogP contribution in [0.4, 0.5) is 11.4 Å². The lowest BCUT2D eigenvalue weighted by atomic mass is 10.1. The Kier molecular flexibility index (Phi) is 5.18. The first-order chi connectivity index (χ1) is 15.9. The predicted molar refractivity (Wildman–Crippen MR) is 126 cm³/mol. The van der Waals surface area contributed by atoms with Crippen LogP contribution in [0, 0.1) is 17.0 Å². The molecule has 0 saturated carbocycles. The maximum Gasteiger partial charge on any atom is 0.278 e. The molecule has 0 spiro atoms. The number of aryl methyl sites for hydroxylation is 1. The van der Waals surface area contributed by atoms with Crippen molar-refractivity contribution in [1.82, 2.24) is 14.3 Å². The first-order valence-electron chi connectivity index (χ1n) is 10.5. The highest BCUT2D eigenvalue weighted by Crippen LogP contribution is 2.34. The average molecular weight is 464 g/mol. The standard InChI is InChI=1S/C23H21N5O4S/c1-16-13-17-3-2-4-22(23(17)25-14-16)33(31,32)27-11-9-26(10-12-27)20-5-6-21(28(29)30)19-15-24-8-7-18(19)20/h2-8,13-15H,9-12H2,1H3. The van der Waals surface area contributed by atoms with Crippen molar-refractivity contribution in [1.29, 1.82) is 0 Å². The number of pyridine rings is 2. The molecule has 33 heavy (non-hydrogen) atoms. The molecule has 2 aromatic carbocycles. The Morgan fingerprint density at radius 2 is 1.79 bits per heavy atom. The summed E-state index contributed by atoms with van der Waals surface area (Å²) in [7, 11) is -3.72. The van der Waals surface area contributed by atoms with Crippen molar-refractivity contribution in [3.05, 3.63) is 76.7 Å². The molecule has 1 fully saturated rings. The Hall–Kier alpha value is -3.63. The van der Waals surface area contributed by atoms with Crippen molar-refractivity contribution >= 4 is 43.1 Å². The zero-order valence-corrected chi connectivity index (χ0v) is 18.7. The fraction of sp³-hybridized carbons (Fsp3) is 0.217. The zero-order valence-electron chi connectivity index (χ0n) is 17.9. The molecular formula is C23H21N5O4S. The number of para-hydroxylation sites is 1. The molecule has 9 nitrogen and oxygen atoms in total. The summed E-state index contributed by atoms with van der Waals surface area (Å²) in [5.74, 6) is 0. The lowest BCUT2D eigenvalue weighted by Crippen LogP contribution is -2.48. The Balaban J connectivity index is 1.43. The summed E-state index contributed by atoms with van der Waals surface area (Å²) >= 11 is 0. The summed E-state index contributed by atoms with van der Waals surface area (Å²) in [6.07, 6.45) is 4.77. The molecule has 5 rings (SSSR count). The van der Waals surface area contributed by atoms with Crippen molar-refractivity contribution in [2.45, 2.75) is 11.8 Å². The number of hydrogen-bond acceptors (Lipinski definition) is 7. The van der Waals surface area contributed by atoms with Gasteiger partial charge in [-0.2, -0.15) is 4.31 Å². The second-order valence-corrected chi connectivity index (χ2v) is 9.92. The zero-order chi connectivity index (χ0) is 23.2. The van der Waals surface area contributed by atoms with E-state index >= 15 is 0 Å². The Morgan fingerprint density at radius 3 is 2.55 bits per heavy atom. The van der Waals surface area contributed by atoms with Gasteiger partial charge < -0.3 is 4.90 Å². The normalized spacial score (nSPS) is 15.2. The number of hydrogen-bond donors (Lipinski definition) is 0. The molecule has 1 aliphatic heterocycles. The van der Waals surface area contributed by atoms with Gasteiger partial charge in [-0.05, 0) is 36.8 Å². The van der Waals surface area contributed by atoms with E-state index in [0.29, 0.717) is 37.1 Å². The highest BCUT2D eigenvalue weighted by molar-refractivity contribution is 7.89. The molecular weight excluding hydrogens is 442 g/mol. The predicted octanol–water partition coefficient (Wildman–Crippen LogP) is 3.51. The van der Waals surface area contributed by atoms with E-state index in [2.05, 4.69) is 14.9 Å². The van der Waals surface area contributed by atoms with E-state index in [9.17, 15) is 18.5 Å². The van der Waals surface area contributed by atoms with Crippen LogP contribution >= 0.6 is 0 Å². The quantitative estimate of drug-likeness (QED) is 0.336. The third-order valence-electron chi connectivity index (χ3n) is 5.98. The van der Waals surface area contributed by atoms with Crippen molar-refractivity contribution in [3.8, 4) is 0 Å². The first kappa shape index (κ1) is 21.2. The van der Waals surface area contributed by atoms with Crippen molar-refractivity contribution in [2.75, 3.05) is 31.1 Å². The second kappa shape index (κ2) is 8.05. The van der Waals surface area contributed by atoms with Crippen LogP contribution in [0.5, 0.6) is 0 Å². The minimum atomic E-state index is -3.72. The molecule has 168 valence electrons. The fourth-order valence-corrected chi connectivity index (χ4v) is 5.94. The summed E-state index contributed by atoms with van der Waals surface area (Å²) in [4.78, 5) is 21.7. The van der Waals surface area contributed by atoms with Gasteiger partial charge in [-0.15, -0.1) is 0 Å². The third kappa shape index (κ3) is 3.66. The molecule has 3 heterocycles. The fourth-order valence-electron chi connectivity index (χ4n) is 4.35. The Bertz CT molecular complexity index is 1500. The highest BCUT2D eigenvalue weighted by atomic mass is 32.2. The lowest BCUT2D eigenvalue weighted by molar-refractivity contribution is -0.383. The lowest BCUT2D eigenvalue weighted by Gasteiger charge is -2.36. The number of anilines is 1. The summed E-state index contributed by atoms with van der Waals surface area (Å²) in [6, 6.07) is 12.1. The molecule has 0 atom stereocenters. The molecule has 2 aromatic heterocycles. The van der Waals surface area contributed by atoms with E-state index in [1.165, 1.54) is 16.6 Å². The molecule has 4 aromatic rings. The van der Waals surface area contributed by atoms with Crippen LogP contribution in [-0.2, 0) is 10.0 Å². The molecule has 0 radical (unpaired) electrons. The molecule has 1 saturated heterocycles. The number of piperazine rings is 1. The van der Waals surface area contributed by atoms with E-state index in [4.69, 9.17) is 0 Å². The Morgan fingerprint density at radius 1 is 1.00 bits per heavy atom. The van der Waals surface area contributed by atoms with E-state index in [1.807, 2.05) is 19.1 Å². The number of nitro groups is 1. The molecule has 1 aliphatic rings. The van der Waals surface area contributed by atoms with Gasteiger partial charge in [-0.3, -0.25) is 20.1 Å². The van der Waals surface area contributed by atoms with Gasteiger partial charge in [-0.25, -0.2) is 8.42 Å². The number of benzene rings is 2. The third-order valence-corrected chi connectivity index (χ3v) is 7.91. The first-order valence-corrected chi connectivity index (χ1v) is 11.9. The van der Waals surface area contributed by atoms with Gasteiger partial charge in [0.25, 0.3) is 5.69 Å². The number of sulfonamides is 1. The van der Waals surface area contributed by atoms with E-state index in [0.717, 1.165) is 22.0 Å². The van der Waals surface area contributed by atoms with Crippen LogP contribution in [-0.4, -0.2) is 53.8 Å². The molecule has 0 aliphatic carbocycles. The van der Waals surface area contributed by atoms with E-state index in [-0.39, 0.29) is 10.6 Å². The molecule has 0 unspecified atom stereocenters. The van der Waals surface area contributed by atoms with Crippen LogP contribution in [0.3, 0.4) is 0 Å². The maximum absolute atomic E-state index is 13.4. The summed E-state index contributed by atoms with van der Waals surface area (Å²) in [6.45, 7) is 3.45. The SMILES string of the molecule is Cc1cnc2c(S(=O)(=O)N3CCN(c4ccc([N+](=O)[O-])c5cnccc45)CC3)cccc2c1. The summed E-state index contributed by atoms with van der Waals surface area (Å²) in [5, 5.41) is 13.4. The van der Waals surface area contributed by atoms with Crippen LogP contribution < -0.4 is 4.90 Å². The molecule has 0 amide bonds. The van der Waals surface area contributed by atoms with Gasteiger partial charge in [0.1, 0.15) is 4.90 Å². The van der Waals surface area contributed by atoms with E-state index < -0.39 is 14.9 Å². The van der Waals surface area contributed by atoms with Gasteiger partial charge in [-0.1, -0.05) is 12.1 Å². The van der Waals surface area contributed by atoms with Crippen LogP contribution in [0.25, 0.3) is 21.7 Å². The molecule has 0 bridgehead atoms. The van der Waals surface area contributed by atoms with Crippen LogP contribution in [0.2, 0.25) is 0 Å². The van der Waals surface area contributed by atoms with Gasteiger partial charge in [0.05, 0.1) is 15.8 Å². The Labute approximate surface area is 190 Å². The van der Waals surface area contributed by atoms with Crippen molar-refractivity contribution < 1.29 is 13.3 Å². The number of rotatable bonds is 4. The minimum Gasteiger partial charge on any atom is -0.368 e. The maximum atomic E-state index is 13.4.